The number of aromatic nitrogens is 1. The molecule has 28 heavy (non-hydrogen) atoms. The van der Waals surface area contributed by atoms with Gasteiger partial charge < -0.3 is 9.73 Å². The van der Waals surface area contributed by atoms with Crippen LogP contribution in [0.5, 0.6) is 0 Å². The minimum atomic E-state index is 0.0509. The second-order valence-corrected chi connectivity index (χ2v) is 8.19. The van der Waals surface area contributed by atoms with Crippen molar-refractivity contribution < 1.29 is 9.21 Å². The van der Waals surface area contributed by atoms with Crippen molar-refractivity contribution in [2.75, 3.05) is 18.6 Å². The van der Waals surface area contributed by atoms with Crippen LogP contribution in [0.4, 0.5) is 0 Å². The summed E-state index contributed by atoms with van der Waals surface area (Å²) in [6.07, 6.45) is 2.90. The molecule has 4 nitrogen and oxygen atoms in total. The number of amides is 1. The van der Waals surface area contributed by atoms with Crippen molar-refractivity contribution in [2.45, 2.75) is 24.0 Å². The minimum Gasteiger partial charge on any atom is -0.441 e. The highest BCUT2D eigenvalue weighted by Gasteiger charge is 2.12. The van der Waals surface area contributed by atoms with Gasteiger partial charge in [-0.15, -0.1) is 23.5 Å². The van der Waals surface area contributed by atoms with E-state index in [4.69, 9.17) is 4.42 Å². The predicted molar refractivity (Wildman–Crippen MR) is 118 cm³/mol. The van der Waals surface area contributed by atoms with Gasteiger partial charge in [-0.3, -0.25) is 4.79 Å². The molecule has 0 fully saturated rings. The monoisotopic (exact) mass is 412 g/mol. The Morgan fingerprint density at radius 1 is 1.11 bits per heavy atom. The average Bonchev–Trinajstić information content (AvgIpc) is 3.09. The average molecular weight is 413 g/mol. The Morgan fingerprint density at radius 2 is 1.86 bits per heavy atom. The molecule has 1 amide bonds. The Balaban J connectivity index is 1.44. The molecule has 0 spiro atoms. The lowest BCUT2D eigenvalue weighted by Gasteiger charge is -2.05. The van der Waals surface area contributed by atoms with Crippen molar-refractivity contribution in [3.8, 4) is 11.5 Å². The fourth-order valence-corrected chi connectivity index (χ4v) is 3.96. The predicted octanol–water partition coefficient (Wildman–Crippen LogP) is 4.96. The van der Waals surface area contributed by atoms with Crippen LogP contribution in [0.1, 0.15) is 17.0 Å². The molecule has 1 aromatic heterocycles. The van der Waals surface area contributed by atoms with Crippen LogP contribution in [0.25, 0.3) is 11.5 Å². The summed E-state index contributed by atoms with van der Waals surface area (Å²) >= 11 is 3.26. The highest BCUT2D eigenvalue weighted by molar-refractivity contribution is 7.99. The zero-order valence-corrected chi connectivity index (χ0v) is 17.7. The lowest BCUT2D eigenvalue weighted by Crippen LogP contribution is -2.27. The van der Waals surface area contributed by atoms with E-state index in [0.29, 0.717) is 23.9 Å². The van der Waals surface area contributed by atoms with Crippen LogP contribution >= 0.6 is 23.5 Å². The summed E-state index contributed by atoms with van der Waals surface area (Å²) in [4.78, 5) is 17.8. The van der Waals surface area contributed by atoms with E-state index in [2.05, 4.69) is 40.8 Å². The summed E-state index contributed by atoms with van der Waals surface area (Å²) in [6, 6.07) is 18.3. The normalized spacial score (nSPS) is 10.8. The van der Waals surface area contributed by atoms with Gasteiger partial charge in [-0.05, 0) is 49.4 Å². The molecule has 1 N–H and O–H groups in total. The summed E-state index contributed by atoms with van der Waals surface area (Å²) in [5.41, 5.74) is 3.09. The van der Waals surface area contributed by atoms with Gasteiger partial charge in [0.2, 0.25) is 11.8 Å². The number of hydrogen-bond acceptors (Lipinski definition) is 5. The highest BCUT2D eigenvalue weighted by atomic mass is 32.2. The molecule has 3 aromatic rings. The molecule has 0 saturated carbocycles. The van der Waals surface area contributed by atoms with Gasteiger partial charge in [0.05, 0.1) is 11.4 Å². The third-order valence-corrected chi connectivity index (χ3v) is 5.97. The molecule has 2 aromatic carbocycles. The van der Waals surface area contributed by atoms with E-state index in [0.717, 1.165) is 23.4 Å². The van der Waals surface area contributed by atoms with Crippen molar-refractivity contribution in [2.24, 2.45) is 0 Å². The number of hydrogen-bond donors (Lipinski definition) is 1. The Kier molecular flexibility index (Phi) is 7.62. The molecule has 0 unspecified atom stereocenters. The van der Waals surface area contributed by atoms with E-state index in [9.17, 15) is 4.79 Å². The second kappa shape index (κ2) is 10.4. The number of rotatable bonds is 9. The molecule has 0 saturated heterocycles. The van der Waals surface area contributed by atoms with Crippen LogP contribution in [0.15, 0.2) is 63.9 Å². The quantitative estimate of drug-likeness (QED) is 0.503. The van der Waals surface area contributed by atoms with Gasteiger partial charge >= 0.3 is 0 Å². The number of benzene rings is 2. The molecular weight excluding hydrogens is 388 g/mol. The largest absolute Gasteiger partial charge is 0.441 e. The number of nitrogens with one attached hydrogen (secondary N) is 1. The molecule has 0 aliphatic heterocycles. The molecule has 6 heteroatoms. The molecule has 0 atom stereocenters. The maximum atomic E-state index is 12.0. The molecule has 3 rings (SSSR count). The fraction of sp³-hybridized carbons (Fsp3) is 0.273. The zero-order valence-electron chi connectivity index (χ0n) is 16.1. The summed E-state index contributed by atoms with van der Waals surface area (Å²) < 4.78 is 5.81. The Hall–Kier alpha value is -2.18. The summed E-state index contributed by atoms with van der Waals surface area (Å²) in [5.74, 6) is 2.56. The third-order valence-electron chi connectivity index (χ3n) is 4.28. The van der Waals surface area contributed by atoms with Crippen LogP contribution in [-0.2, 0) is 17.0 Å². The minimum absolute atomic E-state index is 0.0509. The maximum absolute atomic E-state index is 12.0. The molecule has 0 radical (unpaired) electrons. The van der Waals surface area contributed by atoms with Gasteiger partial charge in [0.1, 0.15) is 5.76 Å². The van der Waals surface area contributed by atoms with Gasteiger partial charge in [0, 0.05) is 22.8 Å². The number of oxazole rings is 1. The van der Waals surface area contributed by atoms with E-state index in [1.165, 1.54) is 10.5 Å². The fourth-order valence-electron chi connectivity index (χ4n) is 2.70. The molecular formula is C22H24N2O2S2. The molecule has 1 heterocycles. The van der Waals surface area contributed by atoms with Gasteiger partial charge in [0.25, 0.3) is 0 Å². The Bertz CT molecular complexity index is 893. The maximum Gasteiger partial charge on any atom is 0.230 e. The van der Waals surface area contributed by atoms with Gasteiger partial charge in [-0.2, -0.15) is 0 Å². The standard InChI is InChI=1S/C22H24N2O2S2/c1-16-20(24-22(26-16)18-8-10-19(27-2)11-9-18)14-28-15-21(25)23-13-12-17-6-4-3-5-7-17/h3-11H,12-15H2,1-2H3,(H,23,25). The number of carbonyl (C=O) groups excluding carboxylic acids is 1. The van der Waals surface area contributed by atoms with Crippen molar-refractivity contribution in [3.63, 3.8) is 0 Å². The van der Waals surface area contributed by atoms with Crippen molar-refractivity contribution in [1.82, 2.24) is 10.3 Å². The van der Waals surface area contributed by atoms with Gasteiger partial charge in [0.15, 0.2) is 0 Å². The third kappa shape index (κ3) is 5.91. The number of carbonyl (C=O) groups is 1. The number of aryl methyl sites for hydroxylation is 1. The molecule has 0 aliphatic carbocycles. The van der Waals surface area contributed by atoms with Gasteiger partial charge in [-0.1, -0.05) is 30.3 Å². The van der Waals surface area contributed by atoms with Crippen LogP contribution < -0.4 is 5.32 Å². The van der Waals surface area contributed by atoms with Crippen molar-refractivity contribution in [1.29, 1.82) is 0 Å². The van der Waals surface area contributed by atoms with Crippen molar-refractivity contribution in [3.05, 3.63) is 71.6 Å². The van der Waals surface area contributed by atoms with Crippen LogP contribution in [0.3, 0.4) is 0 Å². The van der Waals surface area contributed by atoms with E-state index in [1.54, 1.807) is 23.5 Å². The smallest absolute Gasteiger partial charge is 0.230 e. The van der Waals surface area contributed by atoms with Gasteiger partial charge in [-0.25, -0.2) is 4.98 Å². The first-order valence-corrected chi connectivity index (χ1v) is 11.5. The lowest BCUT2D eigenvalue weighted by molar-refractivity contribution is -0.118. The Morgan fingerprint density at radius 3 is 2.57 bits per heavy atom. The van der Waals surface area contributed by atoms with Crippen LogP contribution in [0, 0.1) is 6.92 Å². The first kappa shape index (κ1) is 20.6. The lowest BCUT2D eigenvalue weighted by atomic mass is 10.1. The van der Waals surface area contributed by atoms with E-state index >= 15 is 0 Å². The summed E-state index contributed by atoms with van der Waals surface area (Å²) in [5, 5.41) is 2.97. The van der Waals surface area contributed by atoms with E-state index in [-0.39, 0.29) is 5.91 Å². The van der Waals surface area contributed by atoms with Crippen LogP contribution in [-0.4, -0.2) is 29.4 Å². The van der Waals surface area contributed by atoms with Crippen LogP contribution in [0.2, 0.25) is 0 Å². The topological polar surface area (TPSA) is 55.1 Å². The summed E-state index contributed by atoms with van der Waals surface area (Å²) in [6.45, 7) is 2.57. The Labute approximate surface area is 174 Å². The van der Waals surface area contributed by atoms with E-state index < -0.39 is 0 Å². The first-order valence-electron chi connectivity index (χ1n) is 9.15. The van der Waals surface area contributed by atoms with Crippen molar-refractivity contribution >= 4 is 29.4 Å². The molecule has 0 aliphatic rings. The molecule has 0 bridgehead atoms. The SMILES string of the molecule is CSc1ccc(-c2nc(CSCC(=O)NCCc3ccccc3)c(C)o2)cc1. The second-order valence-electron chi connectivity index (χ2n) is 6.33. The first-order chi connectivity index (χ1) is 13.7. The van der Waals surface area contributed by atoms with E-state index in [1.807, 2.05) is 37.3 Å². The highest BCUT2D eigenvalue weighted by Crippen LogP contribution is 2.26. The number of thioether (sulfide) groups is 2. The summed E-state index contributed by atoms with van der Waals surface area (Å²) in [7, 11) is 0. The zero-order chi connectivity index (χ0) is 19.8. The molecule has 146 valence electrons. The number of nitrogens with zero attached hydrogens (tertiary/aromatic N) is 1.